The summed E-state index contributed by atoms with van der Waals surface area (Å²) in [5.41, 5.74) is -1.61. The molecule has 0 amide bonds. The number of aliphatic hydroxyl groups excluding tert-OH is 8. The predicted molar refractivity (Wildman–Crippen MR) is 136 cm³/mol. The molecule has 0 spiro atoms. The standard InChI is InChI=1S/C26H40O17/c1-3-12-22(43-24-19(33)17(31)16(30)13(8-28)40-24)37-5-4-26(12,25(35)36-2)6-15-38-10-14-21(42-15)18(32)20(34)23(41-14)39-9-11(29)7-27/h3-5,11-24,27-34H,1,6-10H2,2H3/t11?,12-,13+,14+,15?,16+,17-,18+,19+,20+,21-,22-,23+,24-,26+/m0/s1. The van der Waals surface area contributed by atoms with Gasteiger partial charge in [-0.15, -0.1) is 6.58 Å². The van der Waals surface area contributed by atoms with Crippen molar-refractivity contribution in [1.29, 1.82) is 0 Å². The number of rotatable bonds is 11. The van der Waals surface area contributed by atoms with Crippen LogP contribution in [0.15, 0.2) is 25.0 Å². The predicted octanol–water partition coefficient (Wildman–Crippen LogP) is -4.42. The van der Waals surface area contributed by atoms with Gasteiger partial charge in [-0.3, -0.25) is 4.79 Å². The minimum absolute atomic E-state index is 0.150. The molecule has 4 aliphatic heterocycles. The van der Waals surface area contributed by atoms with E-state index in [2.05, 4.69) is 6.58 Å². The van der Waals surface area contributed by atoms with Crippen LogP contribution in [-0.4, -0.2) is 160 Å². The Bertz CT molecular complexity index is 962. The van der Waals surface area contributed by atoms with E-state index in [0.717, 1.165) is 13.4 Å². The van der Waals surface area contributed by atoms with Crippen LogP contribution in [0.4, 0.5) is 0 Å². The van der Waals surface area contributed by atoms with Crippen LogP contribution in [0.3, 0.4) is 0 Å². The lowest BCUT2D eigenvalue weighted by atomic mass is 9.71. The Balaban J connectivity index is 1.49. The van der Waals surface area contributed by atoms with Crippen LogP contribution in [0.25, 0.3) is 0 Å². The molecule has 0 radical (unpaired) electrons. The number of aliphatic hydroxyl groups is 8. The molecule has 17 heteroatoms. The topological polar surface area (TPSA) is 253 Å². The van der Waals surface area contributed by atoms with Gasteiger partial charge in [0, 0.05) is 6.42 Å². The molecule has 4 rings (SSSR count). The van der Waals surface area contributed by atoms with E-state index in [-0.39, 0.29) is 19.6 Å². The maximum atomic E-state index is 13.3. The molecule has 0 aromatic heterocycles. The van der Waals surface area contributed by atoms with Crippen molar-refractivity contribution < 1.29 is 83.5 Å². The highest BCUT2D eigenvalue weighted by Crippen LogP contribution is 2.45. The lowest BCUT2D eigenvalue weighted by molar-refractivity contribution is -0.365. The van der Waals surface area contributed by atoms with Gasteiger partial charge in [0.2, 0.25) is 6.29 Å². The highest BCUT2D eigenvalue weighted by Gasteiger charge is 2.56. The van der Waals surface area contributed by atoms with E-state index in [9.17, 15) is 40.5 Å². The normalized spacial score (nSPS) is 45.5. The fraction of sp³-hybridized carbons (Fsp3) is 0.808. The molecular weight excluding hydrogens is 584 g/mol. The molecule has 0 aliphatic carbocycles. The Morgan fingerprint density at radius 1 is 1.02 bits per heavy atom. The van der Waals surface area contributed by atoms with Gasteiger partial charge >= 0.3 is 5.97 Å². The van der Waals surface area contributed by atoms with Crippen molar-refractivity contribution in [3.8, 4) is 0 Å². The smallest absolute Gasteiger partial charge is 0.316 e. The molecule has 0 aromatic carbocycles. The summed E-state index contributed by atoms with van der Waals surface area (Å²) in [5, 5.41) is 80.0. The summed E-state index contributed by atoms with van der Waals surface area (Å²) >= 11 is 0. The summed E-state index contributed by atoms with van der Waals surface area (Å²) in [7, 11) is 1.16. The Labute approximate surface area is 246 Å². The lowest BCUT2D eigenvalue weighted by Crippen LogP contribution is -2.64. The van der Waals surface area contributed by atoms with Crippen LogP contribution < -0.4 is 0 Å². The largest absolute Gasteiger partial charge is 0.472 e. The van der Waals surface area contributed by atoms with Crippen molar-refractivity contribution in [2.24, 2.45) is 11.3 Å². The van der Waals surface area contributed by atoms with Crippen molar-refractivity contribution in [3.05, 3.63) is 25.0 Å². The van der Waals surface area contributed by atoms with Crippen molar-refractivity contribution in [2.75, 3.05) is 33.5 Å². The van der Waals surface area contributed by atoms with Gasteiger partial charge in [0.05, 0.1) is 45.7 Å². The molecule has 0 saturated carbocycles. The molecule has 0 bridgehead atoms. The molecule has 17 nitrogen and oxygen atoms in total. The third-order valence-electron chi connectivity index (χ3n) is 7.97. The van der Waals surface area contributed by atoms with Crippen LogP contribution in [0.5, 0.6) is 0 Å². The van der Waals surface area contributed by atoms with Gasteiger partial charge in [-0.1, -0.05) is 6.08 Å². The maximum Gasteiger partial charge on any atom is 0.316 e. The van der Waals surface area contributed by atoms with Crippen molar-refractivity contribution in [3.63, 3.8) is 0 Å². The van der Waals surface area contributed by atoms with Crippen LogP contribution in [0.1, 0.15) is 6.42 Å². The minimum Gasteiger partial charge on any atom is -0.472 e. The molecule has 3 saturated heterocycles. The Hall–Kier alpha value is -1.81. The summed E-state index contributed by atoms with van der Waals surface area (Å²) in [6.45, 7) is 2.01. The number of ether oxygens (including phenoxy) is 8. The van der Waals surface area contributed by atoms with E-state index >= 15 is 0 Å². The van der Waals surface area contributed by atoms with Crippen molar-refractivity contribution in [2.45, 2.75) is 86.5 Å². The van der Waals surface area contributed by atoms with E-state index in [1.807, 2.05) is 0 Å². The van der Waals surface area contributed by atoms with E-state index in [4.69, 9.17) is 43.0 Å². The van der Waals surface area contributed by atoms with Crippen molar-refractivity contribution >= 4 is 5.97 Å². The molecule has 15 atom stereocenters. The summed E-state index contributed by atoms with van der Waals surface area (Å²) in [6, 6.07) is 0. The lowest BCUT2D eigenvalue weighted by Gasteiger charge is -2.48. The fourth-order valence-electron chi connectivity index (χ4n) is 5.51. The molecule has 246 valence electrons. The van der Waals surface area contributed by atoms with E-state index in [1.54, 1.807) is 0 Å². The fourth-order valence-corrected chi connectivity index (χ4v) is 5.51. The van der Waals surface area contributed by atoms with Crippen LogP contribution in [0, 0.1) is 11.3 Å². The average molecular weight is 625 g/mol. The van der Waals surface area contributed by atoms with Gasteiger partial charge in [-0.2, -0.15) is 0 Å². The molecule has 2 unspecified atom stereocenters. The summed E-state index contributed by atoms with van der Waals surface area (Å²) < 4.78 is 44.5. The first-order chi connectivity index (χ1) is 20.5. The summed E-state index contributed by atoms with van der Waals surface area (Å²) in [6.07, 6.45) is -14.5. The Morgan fingerprint density at radius 2 is 1.74 bits per heavy atom. The molecule has 4 heterocycles. The first-order valence-corrected chi connectivity index (χ1v) is 13.7. The van der Waals surface area contributed by atoms with Gasteiger partial charge in [0.15, 0.2) is 18.9 Å². The number of hydrogen-bond acceptors (Lipinski definition) is 17. The van der Waals surface area contributed by atoms with Gasteiger partial charge in [-0.05, 0) is 6.08 Å². The number of carbonyl (C=O) groups is 1. The van der Waals surface area contributed by atoms with Crippen LogP contribution in [0.2, 0.25) is 0 Å². The van der Waals surface area contributed by atoms with Crippen LogP contribution >= 0.6 is 0 Å². The third kappa shape index (κ3) is 6.90. The second kappa shape index (κ2) is 14.5. The van der Waals surface area contributed by atoms with E-state index < -0.39 is 111 Å². The summed E-state index contributed by atoms with van der Waals surface area (Å²) in [4.78, 5) is 13.3. The Morgan fingerprint density at radius 3 is 2.40 bits per heavy atom. The first-order valence-electron chi connectivity index (χ1n) is 13.7. The number of carbonyl (C=O) groups excluding carboxylic acids is 1. The molecular formula is C26H40O17. The average Bonchev–Trinajstić information content (AvgIpc) is 3.01. The monoisotopic (exact) mass is 624 g/mol. The van der Waals surface area contributed by atoms with Crippen molar-refractivity contribution in [1.82, 2.24) is 0 Å². The van der Waals surface area contributed by atoms with Gasteiger partial charge in [0.25, 0.3) is 0 Å². The third-order valence-corrected chi connectivity index (χ3v) is 7.97. The highest BCUT2D eigenvalue weighted by atomic mass is 16.8. The second-order valence-corrected chi connectivity index (χ2v) is 10.7. The van der Waals surface area contributed by atoms with E-state index in [0.29, 0.717) is 0 Å². The summed E-state index contributed by atoms with van der Waals surface area (Å²) in [5.74, 6) is -1.82. The number of methoxy groups -OCH3 is 1. The number of hydrogen-bond donors (Lipinski definition) is 8. The van der Waals surface area contributed by atoms with Gasteiger partial charge in [-0.25, -0.2) is 0 Å². The van der Waals surface area contributed by atoms with E-state index in [1.165, 1.54) is 12.2 Å². The molecule has 0 aromatic rings. The van der Waals surface area contributed by atoms with Gasteiger partial charge in [0.1, 0.15) is 60.4 Å². The molecule has 43 heavy (non-hydrogen) atoms. The zero-order valence-corrected chi connectivity index (χ0v) is 23.3. The molecule has 3 fully saturated rings. The highest BCUT2D eigenvalue weighted by molar-refractivity contribution is 5.80. The van der Waals surface area contributed by atoms with Crippen LogP contribution in [-0.2, 0) is 42.7 Å². The Kier molecular flexibility index (Phi) is 11.5. The first kappa shape index (κ1) is 34.1. The maximum absolute atomic E-state index is 13.3. The SMILES string of the molecule is C=C[C@H]1[C@H](O[C@@H]2O[C@H](CO)[C@@H](O)[C@H](O)[C@H]2O)OC=C[C@]1(CC1OC[C@H]2O[C@@H](OCC(O)CO)[C@H](O)[C@@H](O)[C@H]2O1)C(=O)OC. The molecule has 4 aliphatic rings. The number of fused-ring (bicyclic) bond motifs is 1. The van der Waals surface area contributed by atoms with Gasteiger partial charge < -0.3 is 78.7 Å². The molecule has 8 N–H and O–H groups in total. The quantitative estimate of drug-likeness (QED) is 0.0797. The zero-order valence-electron chi connectivity index (χ0n) is 23.3. The minimum atomic E-state index is -1.74. The number of esters is 1. The zero-order chi connectivity index (χ0) is 31.5. The second-order valence-electron chi connectivity index (χ2n) is 10.7.